The molecule has 22 heavy (non-hydrogen) atoms. The summed E-state index contributed by atoms with van der Waals surface area (Å²) in [5.74, 6) is -1.70. The van der Waals surface area contributed by atoms with Crippen molar-refractivity contribution >= 4 is 28.7 Å². The lowest BCUT2D eigenvalue weighted by molar-refractivity contribution is -0.136. The third-order valence-corrected chi connectivity index (χ3v) is 5.42. The number of Topliss-reactive ketones (excluding diaryl/α,β-unsaturated/α-hetero) is 3. The maximum atomic E-state index is 12.4. The zero-order valence-electron chi connectivity index (χ0n) is 12.2. The van der Waals surface area contributed by atoms with Crippen LogP contribution in [0, 0.1) is 5.92 Å². The van der Waals surface area contributed by atoms with Crippen LogP contribution in [-0.2, 0) is 14.4 Å². The first-order valence-electron chi connectivity index (χ1n) is 7.63. The number of carbonyl (C=O) groups is 3. The van der Waals surface area contributed by atoms with Gasteiger partial charge in [0.25, 0.3) is 0 Å². The molecule has 1 aromatic heterocycles. The summed E-state index contributed by atoms with van der Waals surface area (Å²) in [7, 11) is 0. The summed E-state index contributed by atoms with van der Waals surface area (Å²) in [5, 5.41) is 12.1. The molecule has 0 radical (unpaired) electrons. The highest BCUT2D eigenvalue weighted by Crippen LogP contribution is 2.42. The summed E-state index contributed by atoms with van der Waals surface area (Å²) >= 11 is 1.42. The molecule has 0 bridgehead atoms. The molecular weight excluding hydrogens is 300 g/mol. The molecule has 0 aliphatic heterocycles. The van der Waals surface area contributed by atoms with E-state index in [-0.39, 0.29) is 23.1 Å². The van der Waals surface area contributed by atoms with Gasteiger partial charge in [0.1, 0.15) is 11.6 Å². The van der Waals surface area contributed by atoms with Gasteiger partial charge in [-0.2, -0.15) is 0 Å². The van der Waals surface area contributed by atoms with Crippen LogP contribution in [-0.4, -0.2) is 22.5 Å². The molecule has 1 unspecified atom stereocenters. The molecule has 0 spiro atoms. The Labute approximate surface area is 132 Å². The summed E-state index contributed by atoms with van der Waals surface area (Å²) in [4.78, 5) is 37.9. The Hall–Kier alpha value is -1.75. The quantitative estimate of drug-likeness (QED) is 0.868. The highest BCUT2D eigenvalue weighted by Gasteiger charge is 2.43. The molecule has 1 fully saturated rings. The first-order valence-corrected chi connectivity index (χ1v) is 8.51. The van der Waals surface area contributed by atoms with Crippen LogP contribution in [0.3, 0.4) is 0 Å². The van der Waals surface area contributed by atoms with E-state index in [2.05, 4.69) is 0 Å². The maximum absolute atomic E-state index is 12.4. The van der Waals surface area contributed by atoms with E-state index < -0.39 is 11.8 Å². The number of rotatable bonds is 3. The van der Waals surface area contributed by atoms with E-state index in [1.54, 1.807) is 0 Å². The standard InChI is InChI=1S/C17H18O4S/c18-10-4-1-5-11(19)15(10)17(14-8-3-9-22-14)16-12(20)6-2-7-13(16)21/h3,8-9,15,17,20H,1-2,4-7H2. The van der Waals surface area contributed by atoms with E-state index in [1.165, 1.54) is 11.3 Å². The number of thiophene rings is 1. The van der Waals surface area contributed by atoms with Crippen LogP contribution in [0.4, 0.5) is 0 Å². The molecule has 4 nitrogen and oxygen atoms in total. The monoisotopic (exact) mass is 318 g/mol. The smallest absolute Gasteiger partial charge is 0.162 e. The summed E-state index contributed by atoms with van der Waals surface area (Å²) in [6.45, 7) is 0. The van der Waals surface area contributed by atoms with Crippen molar-refractivity contribution in [3.05, 3.63) is 33.7 Å². The molecule has 116 valence electrons. The number of hydrogen-bond donors (Lipinski definition) is 1. The Balaban J connectivity index is 2.10. The normalized spacial score (nSPS) is 22.3. The Bertz CT molecular complexity index is 626. The van der Waals surface area contributed by atoms with Gasteiger partial charge in [0.15, 0.2) is 5.78 Å². The van der Waals surface area contributed by atoms with Gasteiger partial charge in [-0.05, 0) is 24.3 Å². The Morgan fingerprint density at radius 3 is 2.32 bits per heavy atom. The van der Waals surface area contributed by atoms with Gasteiger partial charge in [-0.15, -0.1) is 11.3 Å². The number of aliphatic hydroxyl groups is 1. The highest BCUT2D eigenvalue weighted by atomic mass is 32.1. The Kier molecular flexibility index (Phi) is 4.25. The first kappa shape index (κ1) is 15.2. The Morgan fingerprint density at radius 1 is 1.05 bits per heavy atom. The van der Waals surface area contributed by atoms with Gasteiger partial charge < -0.3 is 5.11 Å². The molecular formula is C17H18O4S. The predicted octanol–water partition coefficient (Wildman–Crippen LogP) is 3.34. The van der Waals surface area contributed by atoms with Crippen molar-refractivity contribution in [2.75, 3.05) is 0 Å². The van der Waals surface area contributed by atoms with Gasteiger partial charge in [-0.1, -0.05) is 6.07 Å². The molecule has 1 heterocycles. The van der Waals surface area contributed by atoms with Crippen molar-refractivity contribution in [3.8, 4) is 0 Å². The number of aliphatic hydroxyl groups excluding tert-OH is 1. The second-order valence-electron chi connectivity index (χ2n) is 5.89. The predicted molar refractivity (Wildman–Crippen MR) is 82.9 cm³/mol. The van der Waals surface area contributed by atoms with E-state index in [9.17, 15) is 19.5 Å². The lowest BCUT2D eigenvalue weighted by atomic mass is 9.71. The van der Waals surface area contributed by atoms with Gasteiger partial charge in [0, 0.05) is 42.1 Å². The van der Waals surface area contributed by atoms with Crippen LogP contribution < -0.4 is 0 Å². The van der Waals surface area contributed by atoms with Crippen molar-refractivity contribution in [3.63, 3.8) is 0 Å². The van der Waals surface area contributed by atoms with Crippen molar-refractivity contribution in [1.29, 1.82) is 0 Å². The summed E-state index contributed by atoms with van der Waals surface area (Å²) in [6.07, 6.45) is 2.78. The van der Waals surface area contributed by atoms with Crippen LogP contribution in [0.15, 0.2) is 28.8 Å². The molecule has 0 amide bonds. The van der Waals surface area contributed by atoms with Gasteiger partial charge >= 0.3 is 0 Å². The third-order valence-electron chi connectivity index (χ3n) is 4.46. The molecule has 2 aliphatic carbocycles. The minimum absolute atomic E-state index is 0.0563. The van der Waals surface area contributed by atoms with E-state index in [1.807, 2.05) is 17.5 Å². The van der Waals surface area contributed by atoms with Crippen LogP contribution in [0.2, 0.25) is 0 Å². The lowest BCUT2D eigenvalue weighted by Gasteiger charge is -2.30. The van der Waals surface area contributed by atoms with Crippen LogP contribution in [0.25, 0.3) is 0 Å². The summed E-state index contributed by atoms with van der Waals surface area (Å²) in [6, 6.07) is 3.68. The van der Waals surface area contributed by atoms with Crippen molar-refractivity contribution in [2.24, 2.45) is 5.92 Å². The second-order valence-corrected chi connectivity index (χ2v) is 6.87. The zero-order valence-corrected chi connectivity index (χ0v) is 13.0. The van der Waals surface area contributed by atoms with Gasteiger partial charge in [-0.3, -0.25) is 14.4 Å². The van der Waals surface area contributed by atoms with Crippen molar-refractivity contribution < 1.29 is 19.5 Å². The second kappa shape index (κ2) is 6.16. The minimum atomic E-state index is -0.813. The van der Waals surface area contributed by atoms with E-state index in [0.29, 0.717) is 44.1 Å². The third kappa shape index (κ3) is 2.65. The van der Waals surface area contributed by atoms with Crippen LogP contribution in [0.5, 0.6) is 0 Å². The highest BCUT2D eigenvalue weighted by molar-refractivity contribution is 7.10. The first-order chi connectivity index (χ1) is 10.6. The molecule has 1 aromatic rings. The average Bonchev–Trinajstić information content (AvgIpc) is 2.98. The lowest BCUT2D eigenvalue weighted by Crippen LogP contribution is -2.36. The fourth-order valence-corrected chi connectivity index (χ4v) is 4.31. The van der Waals surface area contributed by atoms with Gasteiger partial charge in [-0.25, -0.2) is 0 Å². The molecule has 1 N–H and O–H groups in total. The average molecular weight is 318 g/mol. The van der Waals surface area contributed by atoms with E-state index >= 15 is 0 Å². The van der Waals surface area contributed by atoms with E-state index in [4.69, 9.17) is 0 Å². The number of allylic oxidation sites excluding steroid dienone is 2. The largest absolute Gasteiger partial charge is 0.512 e. The number of hydrogen-bond acceptors (Lipinski definition) is 5. The van der Waals surface area contributed by atoms with E-state index in [0.717, 1.165) is 4.88 Å². The topological polar surface area (TPSA) is 71.4 Å². The molecule has 1 atom stereocenters. The van der Waals surface area contributed by atoms with Crippen molar-refractivity contribution in [2.45, 2.75) is 44.4 Å². The fraction of sp³-hybridized carbons (Fsp3) is 0.471. The molecule has 2 aliphatic rings. The summed E-state index contributed by atoms with van der Waals surface area (Å²) < 4.78 is 0. The molecule has 3 rings (SSSR count). The Morgan fingerprint density at radius 2 is 1.73 bits per heavy atom. The van der Waals surface area contributed by atoms with Crippen molar-refractivity contribution in [1.82, 2.24) is 0 Å². The minimum Gasteiger partial charge on any atom is -0.512 e. The van der Waals surface area contributed by atoms with Crippen LogP contribution in [0.1, 0.15) is 49.3 Å². The zero-order chi connectivity index (χ0) is 15.7. The van der Waals surface area contributed by atoms with Gasteiger partial charge in [0.05, 0.1) is 11.7 Å². The van der Waals surface area contributed by atoms with Gasteiger partial charge in [0.2, 0.25) is 0 Å². The number of ketones is 3. The maximum Gasteiger partial charge on any atom is 0.162 e. The summed E-state index contributed by atoms with van der Waals surface area (Å²) in [5.41, 5.74) is 0.294. The number of carbonyl (C=O) groups excluding carboxylic acids is 3. The van der Waals surface area contributed by atoms with Crippen LogP contribution >= 0.6 is 11.3 Å². The SMILES string of the molecule is O=C1CCCC(O)=C1C(c1cccs1)C1C(=O)CCCC1=O. The molecule has 0 saturated heterocycles. The molecule has 0 aromatic carbocycles. The fourth-order valence-electron chi connectivity index (χ4n) is 3.44. The molecule has 1 saturated carbocycles. The molecule has 5 heteroatoms.